The zero-order valence-electron chi connectivity index (χ0n) is 15.5. The first-order chi connectivity index (χ1) is 13.1. The number of rotatable bonds is 4. The van der Waals surface area contributed by atoms with E-state index in [9.17, 15) is 4.79 Å². The Balaban J connectivity index is 1.71. The number of hydrogen-bond acceptors (Lipinski definition) is 4. The molecule has 0 aliphatic rings. The Morgan fingerprint density at radius 2 is 1.59 bits per heavy atom. The van der Waals surface area contributed by atoms with Gasteiger partial charge in [0.15, 0.2) is 0 Å². The van der Waals surface area contributed by atoms with E-state index < -0.39 is 0 Å². The quantitative estimate of drug-likeness (QED) is 0.531. The number of aromatic nitrogens is 2. The van der Waals surface area contributed by atoms with Gasteiger partial charge in [0.1, 0.15) is 17.8 Å². The van der Waals surface area contributed by atoms with Crippen LogP contribution < -0.4 is 9.47 Å². The topological polar surface area (TPSA) is 53.4 Å². The molecule has 0 saturated heterocycles. The summed E-state index contributed by atoms with van der Waals surface area (Å²) in [5, 5.41) is 2.15. The van der Waals surface area contributed by atoms with Gasteiger partial charge in [-0.05, 0) is 47.5 Å². The van der Waals surface area contributed by atoms with E-state index in [0.717, 1.165) is 33.1 Å². The molecule has 0 N–H and O–H groups in total. The maximum Gasteiger partial charge on any atom is 0.239 e. The van der Waals surface area contributed by atoms with Crippen molar-refractivity contribution in [2.45, 2.75) is 12.8 Å². The zero-order valence-corrected chi connectivity index (χ0v) is 15.5. The second kappa shape index (κ2) is 6.76. The Hall–Kier alpha value is -3.34. The van der Waals surface area contributed by atoms with Crippen LogP contribution in [0.5, 0.6) is 11.5 Å². The van der Waals surface area contributed by atoms with Gasteiger partial charge in [0.25, 0.3) is 0 Å². The molecule has 0 aliphatic carbocycles. The van der Waals surface area contributed by atoms with Gasteiger partial charge in [-0.3, -0.25) is 9.36 Å². The normalized spacial score (nSPS) is 12.3. The molecule has 3 aromatic carbocycles. The second-order valence-electron chi connectivity index (χ2n) is 6.50. The molecule has 0 radical (unpaired) electrons. The summed E-state index contributed by atoms with van der Waals surface area (Å²) in [7, 11) is 3.26. The number of methoxy groups -OCH3 is 2. The molecule has 5 nitrogen and oxygen atoms in total. The van der Waals surface area contributed by atoms with Crippen LogP contribution in [0.3, 0.4) is 0 Å². The SMILES string of the molecule is COc1ccc2cc([C@H](C)C(=O)n3cnc4ccc(OC)cc43)ccc2c1. The summed E-state index contributed by atoms with van der Waals surface area (Å²) < 4.78 is 12.1. The molecule has 4 rings (SSSR count). The standard InChI is InChI=1S/C22H20N2O3/c1-14(15-4-5-17-11-18(26-2)7-6-16(17)10-15)22(25)24-13-23-20-9-8-19(27-3)12-21(20)24/h4-14H,1-3H3/t14-/m0/s1. The predicted octanol–water partition coefficient (Wildman–Crippen LogP) is 4.65. The van der Waals surface area contributed by atoms with Crippen LogP contribution in [0.2, 0.25) is 0 Å². The van der Waals surface area contributed by atoms with Gasteiger partial charge in [-0.25, -0.2) is 4.98 Å². The molecular formula is C22H20N2O3. The van der Waals surface area contributed by atoms with Crippen LogP contribution in [0.15, 0.2) is 60.9 Å². The highest BCUT2D eigenvalue weighted by molar-refractivity contribution is 5.95. The largest absolute Gasteiger partial charge is 0.497 e. The molecule has 1 atom stereocenters. The third kappa shape index (κ3) is 3.01. The highest BCUT2D eigenvalue weighted by atomic mass is 16.5. The van der Waals surface area contributed by atoms with Crippen molar-refractivity contribution in [1.82, 2.24) is 9.55 Å². The Morgan fingerprint density at radius 1 is 0.926 bits per heavy atom. The van der Waals surface area contributed by atoms with Crippen LogP contribution >= 0.6 is 0 Å². The van der Waals surface area contributed by atoms with Gasteiger partial charge in [-0.15, -0.1) is 0 Å². The highest BCUT2D eigenvalue weighted by Gasteiger charge is 2.20. The zero-order chi connectivity index (χ0) is 19.0. The first-order valence-corrected chi connectivity index (χ1v) is 8.73. The minimum Gasteiger partial charge on any atom is -0.497 e. The molecule has 0 amide bonds. The average molecular weight is 360 g/mol. The average Bonchev–Trinajstić information content (AvgIpc) is 3.14. The van der Waals surface area contributed by atoms with E-state index in [2.05, 4.69) is 11.1 Å². The molecule has 0 aliphatic heterocycles. The molecule has 0 fully saturated rings. The number of nitrogens with zero attached hydrogens (tertiary/aromatic N) is 2. The lowest BCUT2D eigenvalue weighted by molar-refractivity contribution is 0.0889. The van der Waals surface area contributed by atoms with Gasteiger partial charge >= 0.3 is 0 Å². The van der Waals surface area contributed by atoms with Crippen LogP contribution in [0.25, 0.3) is 21.8 Å². The fourth-order valence-corrected chi connectivity index (χ4v) is 3.28. The van der Waals surface area contributed by atoms with Crippen molar-refractivity contribution in [2.75, 3.05) is 14.2 Å². The van der Waals surface area contributed by atoms with Gasteiger partial charge in [-0.1, -0.05) is 24.3 Å². The second-order valence-corrected chi connectivity index (χ2v) is 6.50. The van der Waals surface area contributed by atoms with Crippen molar-refractivity contribution >= 4 is 27.7 Å². The van der Waals surface area contributed by atoms with Crippen LogP contribution in [0, 0.1) is 0 Å². The number of ether oxygens (including phenoxy) is 2. The predicted molar refractivity (Wildman–Crippen MR) is 106 cm³/mol. The van der Waals surface area contributed by atoms with Crippen molar-refractivity contribution in [3.8, 4) is 11.5 Å². The van der Waals surface area contributed by atoms with Crippen LogP contribution in [-0.4, -0.2) is 29.7 Å². The van der Waals surface area contributed by atoms with E-state index in [1.165, 1.54) is 0 Å². The fourth-order valence-electron chi connectivity index (χ4n) is 3.28. The van der Waals surface area contributed by atoms with Crippen molar-refractivity contribution in [3.05, 3.63) is 66.5 Å². The Morgan fingerprint density at radius 3 is 2.37 bits per heavy atom. The maximum absolute atomic E-state index is 13.1. The maximum atomic E-state index is 13.1. The van der Waals surface area contributed by atoms with Crippen molar-refractivity contribution in [1.29, 1.82) is 0 Å². The molecule has 0 saturated carbocycles. The van der Waals surface area contributed by atoms with Gasteiger partial charge in [-0.2, -0.15) is 0 Å². The van der Waals surface area contributed by atoms with Gasteiger partial charge in [0.05, 0.1) is 31.2 Å². The van der Waals surface area contributed by atoms with Crippen LogP contribution in [0.4, 0.5) is 0 Å². The van der Waals surface area contributed by atoms with Crippen molar-refractivity contribution < 1.29 is 14.3 Å². The fraction of sp³-hybridized carbons (Fsp3) is 0.182. The third-order valence-electron chi connectivity index (χ3n) is 4.93. The number of carbonyl (C=O) groups is 1. The number of imidazole rings is 1. The minimum atomic E-state index is -0.305. The summed E-state index contributed by atoms with van der Waals surface area (Å²) >= 11 is 0. The molecule has 4 aromatic rings. The third-order valence-corrected chi connectivity index (χ3v) is 4.93. The lowest BCUT2D eigenvalue weighted by Gasteiger charge is -2.13. The van der Waals surface area contributed by atoms with Crippen molar-refractivity contribution in [3.63, 3.8) is 0 Å². The molecular weight excluding hydrogens is 340 g/mol. The van der Waals surface area contributed by atoms with E-state index in [0.29, 0.717) is 5.75 Å². The summed E-state index contributed by atoms with van der Waals surface area (Å²) in [5.74, 6) is 1.18. The van der Waals surface area contributed by atoms with Crippen LogP contribution in [-0.2, 0) is 0 Å². The van der Waals surface area contributed by atoms with Gasteiger partial charge in [0, 0.05) is 6.07 Å². The molecule has 27 heavy (non-hydrogen) atoms. The van der Waals surface area contributed by atoms with E-state index in [1.54, 1.807) is 25.1 Å². The molecule has 0 unspecified atom stereocenters. The number of fused-ring (bicyclic) bond motifs is 2. The van der Waals surface area contributed by atoms with Gasteiger partial charge in [0.2, 0.25) is 5.91 Å². The highest BCUT2D eigenvalue weighted by Crippen LogP contribution is 2.27. The molecule has 0 spiro atoms. The molecule has 5 heteroatoms. The van der Waals surface area contributed by atoms with E-state index in [-0.39, 0.29) is 11.8 Å². The first kappa shape index (κ1) is 17.1. The monoisotopic (exact) mass is 360 g/mol. The Bertz CT molecular complexity index is 1150. The lowest BCUT2D eigenvalue weighted by Crippen LogP contribution is -2.17. The Labute approximate surface area is 157 Å². The minimum absolute atomic E-state index is 0.0291. The molecule has 1 heterocycles. The Kier molecular flexibility index (Phi) is 4.28. The summed E-state index contributed by atoms with van der Waals surface area (Å²) in [6.45, 7) is 1.92. The first-order valence-electron chi connectivity index (χ1n) is 8.73. The summed E-state index contributed by atoms with van der Waals surface area (Å²) in [6, 6.07) is 17.5. The lowest BCUT2D eigenvalue weighted by atomic mass is 9.97. The summed E-state index contributed by atoms with van der Waals surface area (Å²) in [5.41, 5.74) is 2.47. The van der Waals surface area contributed by atoms with Gasteiger partial charge < -0.3 is 9.47 Å². The summed E-state index contributed by atoms with van der Waals surface area (Å²) in [4.78, 5) is 17.5. The molecule has 1 aromatic heterocycles. The van der Waals surface area contributed by atoms with E-state index >= 15 is 0 Å². The van der Waals surface area contributed by atoms with Crippen molar-refractivity contribution in [2.24, 2.45) is 0 Å². The smallest absolute Gasteiger partial charge is 0.239 e. The molecule has 136 valence electrons. The van der Waals surface area contributed by atoms with Crippen LogP contribution in [0.1, 0.15) is 23.2 Å². The number of benzene rings is 3. The molecule has 0 bridgehead atoms. The number of carbonyl (C=O) groups excluding carboxylic acids is 1. The van der Waals surface area contributed by atoms with E-state index in [1.807, 2.05) is 55.5 Å². The van der Waals surface area contributed by atoms with E-state index in [4.69, 9.17) is 9.47 Å². The summed E-state index contributed by atoms with van der Waals surface area (Å²) in [6.07, 6.45) is 1.58. The number of hydrogen-bond donors (Lipinski definition) is 0.